The van der Waals surface area contributed by atoms with Gasteiger partial charge in [0, 0.05) is 62.4 Å². The molecule has 11 heteroatoms. The van der Waals surface area contributed by atoms with Gasteiger partial charge in [-0.1, -0.05) is 18.3 Å². The molecular formula is C25H28F3N7S. The fourth-order valence-corrected chi connectivity index (χ4v) is 6.01. The number of nitrogens with zero attached hydrogens (tertiary/aromatic N) is 6. The summed E-state index contributed by atoms with van der Waals surface area (Å²) >= 11 is 1.64. The van der Waals surface area contributed by atoms with Gasteiger partial charge < -0.3 is 20.1 Å². The van der Waals surface area contributed by atoms with Crippen LogP contribution < -0.4 is 10.6 Å². The summed E-state index contributed by atoms with van der Waals surface area (Å²) in [4.78, 5) is 8.44. The first kappa shape index (κ1) is 24.6. The second-order valence-corrected chi connectivity index (χ2v) is 10.4. The van der Waals surface area contributed by atoms with Crippen LogP contribution in [0.3, 0.4) is 0 Å². The van der Waals surface area contributed by atoms with Gasteiger partial charge in [-0.2, -0.15) is 0 Å². The summed E-state index contributed by atoms with van der Waals surface area (Å²) in [5.74, 6) is -0.596. The van der Waals surface area contributed by atoms with Gasteiger partial charge in [-0.15, -0.1) is 10.2 Å². The van der Waals surface area contributed by atoms with Gasteiger partial charge in [0.1, 0.15) is 11.5 Å². The van der Waals surface area contributed by atoms with E-state index >= 15 is 0 Å². The molecule has 36 heavy (non-hydrogen) atoms. The smallest absolute Gasteiger partial charge is 0.191 e. The van der Waals surface area contributed by atoms with E-state index in [-0.39, 0.29) is 11.7 Å². The van der Waals surface area contributed by atoms with Gasteiger partial charge in [-0.3, -0.25) is 4.98 Å². The van der Waals surface area contributed by atoms with Crippen LogP contribution in [0.5, 0.6) is 0 Å². The van der Waals surface area contributed by atoms with E-state index in [4.69, 9.17) is 5.73 Å². The molecule has 5 rings (SSSR count). The molecule has 3 aromatic rings. The van der Waals surface area contributed by atoms with Crippen molar-refractivity contribution >= 4 is 23.1 Å². The monoisotopic (exact) mass is 515 g/mol. The molecule has 2 atom stereocenters. The standard InChI is InChI=1S/C25H28F3N7S/c1-15(29)21-5-4-16(12-30-21)24-31-32-25(33(24)2)36-9-3-7-34-13-17-6-8-35(22(17)14-34)23-19(27)10-18(26)11-20(23)28/h4-5,10-12,17,22H,1,3,6-9,13-14,29H2,2H3/t17-,22+/m1/s1. The highest BCUT2D eigenvalue weighted by Crippen LogP contribution is 2.38. The van der Waals surface area contributed by atoms with E-state index in [9.17, 15) is 13.2 Å². The van der Waals surface area contributed by atoms with E-state index in [0.717, 1.165) is 66.9 Å². The Kier molecular flexibility index (Phi) is 6.94. The number of hydrogen-bond acceptors (Lipinski definition) is 7. The predicted molar refractivity (Wildman–Crippen MR) is 135 cm³/mol. The molecular weight excluding hydrogens is 487 g/mol. The van der Waals surface area contributed by atoms with Gasteiger partial charge in [-0.25, -0.2) is 13.2 Å². The molecule has 2 aliphatic heterocycles. The topological polar surface area (TPSA) is 76.1 Å². The number of nitrogens with two attached hydrogens (primary N) is 1. The first-order valence-electron chi connectivity index (χ1n) is 11.9. The first-order chi connectivity index (χ1) is 17.3. The molecule has 0 aliphatic carbocycles. The molecule has 0 bridgehead atoms. The van der Waals surface area contributed by atoms with E-state index in [1.165, 1.54) is 0 Å². The Morgan fingerprint density at radius 2 is 1.94 bits per heavy atom. The molecule has 2 fully saturated rings. The molecule has 7 nitrogen and oxygen atoms in total. The molecule has 0 unspecified atom stereocenters. The second kappa shape index (κ2) is 10.1. The van der Waals surface area contributed by atoms with Gasteiger partial charge in [0.2, 0.25) is 0 Å². The quantitative estimate of drug-likeness (QED) is 0.360. The number of anilines is 1. The largest absolute Gasteiger partial charge is 0.397 e. The van der Waals surface area contributed by atoms with Crippen LogP contribution >= 0.6 is 11.8 Å². The lowest BCUT2D eigenvalue weighted by molar-refractivity contribution is 0.318. The summed E-state index contributed by atoms with van der Waals surface area (Å²) in [6.45, 7) is 6.83. The average Bonchev–Trinajstić information content (AvgIpc) is 3.51. The number of aromatic nitrogens is 4. The van der Waals surface area contributed by atoms with E-state index in [1.54, 1.807) is 22.9 Å². The Morgan fingerprint density at radius 1 is 1.17 bits per heavy atom. The molecule has 4 heterocycles. The van der Waals surface area contributed by atoms with Crippen LogP contribution in [-0.2, 0) is 7.05 Å². The highest BCUT2D eigenvalue weighted by Gasteiger charge is 2.42. The van der Waals surface area contributed by atoms with Crippen LogP contribution in [0.25, 0.3) is 17.1 Å². The Labute approximate surface area is 212 Å². The van der Waals surface area contributed by atoms with Gasteiger partial charge in [-0.05, 0) is 37.4 Å². The minimum atomic E-state index is -0.891. The zero-order valence-electron chi connectivity index (χ0n) is 20.0. The van der Waals surface area contributed by atoms with Crippen molar-refractivity contribution in [1.29, 1.82) is 0 Å². The number of likely N-dealkylation sites (tertiary alicyclic amines) is 1. The zero-order valence-corrected chi connectivity index (χ0v) is 20.8. The zero-order chi connectivity index (χ0) is 25.4. The van der Waals surface area contributed by atoms with Crippen molar-refractivity contribution in [3.63, 3.8) is 0 Å². The Balaban J connectivity index is 1.13. The van der Waals surface area contributed by atoms with Crippen molar-refractivity contribution in [3.05, 3.63) is 60.2 Å². The highest BCUT2D eigenvalue weighted by atomic mass is 32.2. The van der Waals surface area contributed by atoms with Crippen LogP contribution in [0.4, 0.5) is 18.9 Å². The molecule has 0 radical (unpaired) electrons. The lowest BCUT2D eigenvalue weighted by Crippen LogP contribution is -2.36. The van der Waals surface area contributed by atoms with Crippen molar-refractivity contribution in [2.24, 2.45) is 18.7 Å². The summed E-state index contributed by atoms with van der Waals surface area (Å²) in [6.07, 6.45) is 3.53. The number of pyridine rings is 1. The van der Waals surface area contributed by atoms with E-state index in [2.05, 4.69) is 26.7 Å². The SMILES string of the molecule is C=C(N)c1ccc(-c2nnc(SCCCN3C[C@H]4CCN(c5c(F)cc(F)cc5F)[C@H]4C3)n2C)cn1. The lowest BCUT2D eigenvalue weighted by Gasteiger charge is -2.27. The van der Waals surface area contributed by atoms with E-state index in [0.29, 0.717) is 23.9 Å². The van der Waals surface area contributed by atoms with Gasteiger partial charge in [0.25, 0.3) is 0 Å². The number of fused-ring (bicyclic) bond motifs is 1. The normalized spacial score (nSPS) is 19.7. The third-order valence-electron chi connectivity index (χ3n) is 6.93. The fourth-order valence-electron chi connectivity index (χ4n) is 5.18. The minimum Gasteiger partial charge on any atom is -0.397 e. The molecule has 2 N–H and O–H groups in total. The fraction of sp³-hybridized carbons (Fsp3) is 0.400. The van der Waals surface area contributed by atoms with Crippen molar-refractivity contribution in [2.45, 2.75) is 24.0 Å². The maximum atomic E-state index is 14.4. The summed E-state index contributed by atoms with van der Waals surface area (Å²) in [7, 11) is 1.93. The number of thioether (sulfide) groups is 1. The number of hydrogen-bond donors (Lipinski definition) is 1. The summed E-state index contributed by atoms with van der Waals surface area (Å²) < 4.78 is 44.0. The average molecular weight is 516 g/mol. The number of halogens is 3. The van der Waals surface area contributed by atoms with Gasteiger partial charge in [0.05, 0.1) is 11.4 Å². The van der Waals surface area contributed by atoms with Crippen LogP contribution in [0.15, 0.2) is 42.2 Å². The summed E-state index contributed by atoms with van der Waals surface area (Å²) in [5, 5.41) is 9.45. The van der Waals surface area contributed by atoms with E-state index in [1.807, 2.05) is 23.7 Å². The molecule has 2 aromatic heterocycles. The van der Waals surface area contributed by atoms with Crippen molar-refractivity contribution < 1.29 is 13.2 Å². The van der Waals surface area contributed by atoms with Crippen molar-refractivity contribution in [1.82, 2.24) is 24.6 Å². The molecule has 0 amide bonds. The van der Waals surface area contributed by atoms with Crippen molar-refractivity contribution in [2.75, 3.05) is 36.8 Å². The second-order valence-electron chi connectivity index (χ2n) is 9.31. The lowest BCUT2D eigenvalue weighted by atomic mass is 10.0. The summed E-state index contributed by atoms with van der Waals surface area (Å²) in [6, 6.07) is 5.28. The Bertz CT molecular complexity index is 1240. The molecule has 1 aromatic carbocycles. The van der Waals surface area contributed by atoms with E-state index < -0.39 is 17.5 Å². The van der Waals surface area contributed by atoms with Gasteiger partial charge >= 0.3 is 0 Å². The minimum absolute atomic E-state index is 0.0462. The Hall–Kier alpha value is -3.05. The maximum Gasteiger partial charge on any atom is 0.191 e. The molecule has 2 aliphatic rings. The van der Waals surface area contributed by atoms with Crippen molar-refractivity contribution in [3.8, 4) is 11.4 Å². The van der Waals surface area contributed by atoms with Crippen LogP contribution in [-0.4, -0.2) is 62.6 Å². The third kappa shape index (κ3) is 4.81. The first-order valence-corrected chi connectivity index (χ1v) is 12.9. The summed E-state index contributed by atoms with van der Waals surface area (Å²) in [5.41, 5.74) is 7.49. The molecule has 2 saturated heterocycles. The van der Waals surface area contributed by atoms with Crippen LogP contribution in [0.2, 0.25) is 0 Å². The highest BCUT2D eigenvalue weighted by molar-refractivity contribution is 7.99. The number of benzene rings is 1. The predicted octanol–water partition coefficient (Wildman–Crippen LogP) is 3.92. The number of rotatable bonds is 8. The molecule has 0 saturated carbocycles. The third-order valence-corrected chi connectivity index (χ3v) is 8.03. The molecule has 190 valence electrons. The van der Waals surface area contributed by atoms with Crippen LogP contribution in [0, 0.1) is 23.4 Å². The molecule has 0 spiro atoms. The maximum absolute atomic E-state index is 14.4. The van der Waals surface area contributed by atoms with Crippen LogP contribution in [0.1, 0.15) is 18.5 Å². The Morgan fingerprint density at radius 3 is 2.64 bits per heavy atom. The van der Waals surface area contributed by atoms with Gasteiger partial charge in [0.15, 0.2) is 22.6 Å².